The average Bonchev–Trinajstić information content (AvgIpc) is 3.54. The maximum Gasteiger partial charge on any atom is 0.341 e. The molecule has 4 rings (SSSR count). The van der Waals surface area contributed by atoms with Crippen molar-refractivity contribution in [1.82, 2.24) is 9.88 Å². The van der Waals surface area contributed by atoms with Gasteiger partial charge in [-0.25, -0.2) is 9.78 Å². The third kappa shape index (κ3) is 6.38. The molecular weight excluding hydrogens is 462 g/mol. The van der Waals surface area contributed by atoms with Crippen LogP contribution in [0.1, 0.15) is 16.1 Å². The summed E-state index contributed by atoms with van der Waals surface area (Å²) in [5.41, 5.74) is 1.52. The standard InChI is InChI=1S/C23H25N3O5S2/c27-21(28)15-31-18-5-1-4-17(14-18)19-16-33-23(24-19)26(22(29)20-6-2-13-32-20)8-3-7-25-9-11-30-12-10-25/h1-2,4-6,13-14,16H,3,7-12,15H2,(H,27,28). The molecule has 174 valence electrons. The van der Waals surface area contributed by atoms with Crippen LogP contribution in [0.3, 0.4) is 0 Å². The summed E-state index contributed by atoms with van der Waals surface area (Å²) < 4.78 is 10.7. The molecule has 1 aliphatic heterocycles. The van der Waals surface area contributed by atoms with Crippen molar-refractivity contribution in [3.05, 3.63) is 52.0 Å². The number of thiophene rings is 1. The molecule has 1 fully saturated rings. The van der Waals surface area contributed by atoms with Crippen molar-refractivity contribution >= 4 is 39.7 Å². The quantitative estimate of drug-likeness (QED) is 0.466. The van der Waals surface area contributed by atoms with Gasteiger partial charge in [-0.3, -0.25) is 14.6 Å². The minimum Gasteiger partial charge on any atom is -0.482 e. The highest BCUT2D eigenvalue weighted by Crippen LogP contribution is 2.31. The monoisotopic (exact) mass is 487 g/mol. The highest BCUT2D eigenvalue weighted by atomic mass is 32.1. The van der Waals surface area contributed by atoms with Crippen LogP contribution in [0, 0.1) is 0 Å². The molecule has 1 saturated heterocycles. The topological polar surface area (TPSA) is 92.2 Å². The van der Waals surface area contributed by atoms with Gasteiger partial charge in [-0.2, -0.15) is 0 Å². The van der Waals surface area contributed by atoms with Crippen molar-refractivity contribution in [2.75, 3.05) is 50.9 Å². The van der Waals surface area contributed by atoms with Gasteiger partial charge in [0.2, 0.25) is 0 Å². The van der Waals surface area contributed by atoms with Crippen LogP contribution in [0.25, 0.3) is 11.3 Å². The molecule has 1 aromatic carbocycles. The minimum absolute atomic E-state index is 0.0496. The molecule has 0 spiro atoms. The first kappa shape index (κ1) is 23.4. The predicted molar refractivity (Wildman–Crippen MR) is 129 cm³/mol. The lowest BCUT2D eigenvalue weighted by molar-refractivity contribution is -0.139. The SMILES string of the molecule is O=C(O)COc1cccc(-c2csc(N(CCCN3CCOCC3)C(=O)c3cccs3)n2)c1. The second kappa shape index (κ2) is 11.4. The number of aliphatic carboxylic acids is 1. The van der Waals surface area contributed by atoms with Crippen molar-refractivity contribution in [3.8, 4) is 17.0 Å². The fourth-order valence-corrected chi connectivity index (χ4v) is 5.04. The molecule has 0 saturated carbocycles. The lowest BCUT2D eigenvalue weighted by Gasteiger charge is -2.27. The predicted octanol–water partition coefficient (Wildman–Crippen LogP) is 3.70. The van der Waals surface area contributed by atoms with Crippen LogP contribution in [-0.2, 0) is 9.53 Å². The van der Waals surface area contributed by atoms with Crippen molar-refractivity contribution < 1.29 is 24.2 Å². The highest BCUT2D eigenvalue weighted by molar-refractivity contribution is 7.14. The first-order valence-electron chi connectivity index (χ1n) is 10.7. The number of carboxylic acids is 1. The summed E-state index contributed by atoms with van der Waals surface area (Å²) >= 11 is 2.84. The van der Waals surface area contributed by atoms with Gasteiger partial charge in [-0.15, -0.1) is 22.7 Å². The number of nitrogens with zero attached hydrogens (tertiary/aromatic N) is 3. The molecule has 2 aromatic heterocycles. The van der Waals surface area contributed by atoms with E-state index in [9.17, 15) is 9.59 Å². The molecule has 0 atom stereocenters. The van der Waals surface area contributed by atoms with E-state index in [-0.39, 0.29) is 5.91 Å². The number of hydrogen-bond donors (Lipinski definition) is 1. The van der Waals surface area contributed by atoms with E-state index in [1.54, 1.807) is 23.1 Å². The Morgan fingerprint density at radius 2 is 2.03 bits per heavy atom. The van der Waals surface area contributed by atoms with Crippen molar-refractivity contribution in [2.45, 2.75) is 6.42 Å². The number of aromatic nitrogens is 1. The van der Waals surface area contributed by atoms with E-state index < -0.39 is 12.6 Å². The molecule has 3 heterocycles. The van der Waals surface area contributed by atoms with Gasteiger partial charge >= 0.3 is 5.97 Å². The zero-order valence-corrected chi connectivity index (χ0v) is 19.6. The maximum atomic E-state index is 13.2. The van der Waals surface area contributed by atoms with Gasteiger partial charge in [-0.1, -0.05) is 18.2 Å². The van der Waals surface area contributed by atoms with E-state index in [2.05, 4.69) is 4.90 Å². The van der Waals surface area contributed by atoms with Gasteiger partial charge < -0.3 is 14.6 Å². The van der Waals surface area contributed by atoms with Crippen LogP contribution in [0.5, 0.6) is 5.75 Å². The first-order chi connectivity index (χ1) is 16.1. The number of benzene rings is 1. The third-order valence-corrected chi connectivity index (χ3v) is 6.87. The number of amides is 1. The number of carbonyl (C=O) groups excluding carboxylic acids is 1. The zero-order valence-electron chi connectivity index (χ0n) is 18.0. The fourth-order valence-electron chi connectivity index (χ4n) is 3.51. The summed E-state index contributed by atoms with van der Waals surface area (Å²) in [4.78, 5) is 33.5. The average molecular weight is 488 g/mol. The van der Waals surface area contributed by atoms with Crippen LogP contribution < -0.4 is 9.64 Å². The number of ether oxygens (including phenoxy) is 2. The van der Waals surface area contributed by atoms with E-state index in [0.717, 1.165) is 44.8 Å². The van der Waals surface area contributed by atoms with Crippen molar-refractivity contribution in [2.24, 2.45) is 0 Å². The molecule has 10 heteroatoms. The molecule has 8 nitrogen and oxygen atoms in total. The Kier molecular flexibility index (Phi) is 8.05. The van der Waals surface area contributed by atoms with Gasteiger partial charge in [0.05, 0.1) is 23.8 Å². The smallest absolute Gasteiger partial charge is 0.341 e. The summed E-state index contributed by atoms with van der Waals surface area (Å²) in [6.07, 6.45) is 0.838. The summed E-state index contributed by atoms with van der Waals surface area (Å²) in [6, 6.07) is 10.8. The lowest BCUT2D eigenvalue weighted by Crippen LogP contribution is -2.39. The van der Waals surface area contributed by atoms with Crippen LogP contribution in [0.4, 0.5) is 5.13 Å². The van der Waals surface area contributed by atoms with Crippen LogP contribution in [-0.4, -0.2) is 72.9 Å². The second-order valence-corrected chi connectivity index (χ2v) is 9.25. The Morgan fingerprint density at radius 1 is 1.18 bits per heavy atom. The van der Waals surface area contributed by atoms with Gasteiger partial charge in [0, 0.05) is 37.1 Å². The molecule has 33 heavy (non-hydrogen) atoms. The Morgan fingerprint density at radius 3 is 2.79 bits per heavy atom. The van der Waals surface area contributed by atoms with Crippen molar-refractivity contribution in [3.63, 3.8) is 0 Å². The molecule has 0 radical (unpaired) electrons. The minimum atomic E-state index is -1.03. The molecule has 0 bridgehead atoms. The van der Waals surface area contributed by atoms with Crippen LogP contribution in [0.2, 0.25) is 0 Å². The Labute approximate surface area is 200 Å². The number of hydrogen-bond acceptors (Lipinski definition) is 8. The largest absolute Gasteiger partial charge is 0.482 e. The van der Waals surface area contributed by atoms with Crippen LogP contribution >= 0.6 is 22.7 Å². The van der Waals surface area contributed by atoms with Gasteiger partial charge in [0.25, 0.3) is 5.91 Å². The molecule has 1 amide bonds. The molecular formula is C23H25N3O5S2. The highest BCUT2D eigenvalue weighted by Gasteiger charge is 2.22. The number of anilines is 1. The first-order valence-corrected chi connectivity index (χ1v) is 12.4. The van der Waals surface area contributed by atoms with Crippen molar-refractivity contribution in [1.29, 1.82) is 0 Å². The summed E-state index contributed by atoms with van der Waals surface area (Å²) in [7, 11) is 0. The van der Waals surface area contributed by atoms with E-state index in [1.807, 2.05) is 29.0 Å². The van der Waals surface area contributed by atoms with E-state index in [0.29, 0.717) is 28.0 Å². The number of carbonyl (C=O) groups is 2. The second-order valence-electron chi connectivity index (χ2n) is 7.47. The lowest BCUT2D eigenvalue weighted by atomic mass is 10.2. The maximum absolute atomic E-state index is 13.2. The Hall–Kier alpha value is -2.79. The molecule has 0 aliphatic carbocycles. The number of morpholine rings is 1. The molecule has 3 aromatic rings. The fraction of sp³-hybridized carbons (Fsp3) is 0.348. The van der Waals surface area contributed by atoms with E-state index in [1.165, 1.54) is 22.7 Å². The number of carboxylic acid groups (broad SMARTS) is 1. The molecule has 0 unspecified atom stereocenters. The summed E-state index contributed by atoms with van der Waals surface area (Å²) in [5.74, 6) is -0.621. The van der Waals surface area contributed by atoms with Crippen LogP contribution in [0.15, 0.2) is 47.2 Å². The third-order valence-electron chi connectivity index (χ3n) is 5.15. The summed E-state index contributed by atoms with van der Waals surface area (Å²) in [5, 5.41) is 13.3. The number of thiazole rings is 1. The number of rotatable bonds is 10. The molecule has 1 N–H and O–H groups in total. The molecule has 1 aliphatic rings. The normalized spacial score (nSPS) is 14.2. The zero-order chi connectivity index (χ0) is 23.0. The Balaban J connectivity index is 1.49. The van der Waals surface area contributed by atoms with Gasteiger partial charge in [0.15, 0.2) is 11.7 Å². The van der Waals surface area contributed by atoms with Gasteiger partial charge in [-0.05, 0) is 30.0 Å². The summed E-state index contributed by atoms with van der Waals surface area (Å²) in [6.45, 7) is 4.41. The van der Waals surface area contributed by atoms with Gasteiger partial charge in [0.1, 0.15) is 5.75 Å². The Bertz CT molecular complexity index is 1060. The van der Waals surface area contributed by atoms with E-state index in [4.69, 9.17) is 19.6 Å². The van der Waals surface area contributed by atoms with E-state index >= 15 is 0 Å².